The van der Waals surface area contributed by atoms with Gasteiger partial charge in [0.05, 0.1) is 12.7 Å². The van der Waals surface area contributed by atoms with Crippen molar-refractivity contribution < 1.29 is 14.9 Å². The highest BCUT2D eigenvalue weighted by atomic mass is 16.5. The molecule has 0 fully saturated rings. The Kier molecular flexibility index (Phi) is 36.5. The topological polar surface area (TPSA) is 49.7 Å². The van der Waals surface area contributed by atoms with Crippen molar-refractivity contribution in [2.45, 2.75) is 225 Å². The van der Waals surface area contributed by atoms with Crippen LogP contribution in [-0.4, -0.2) is 35.6 Å². The van der Waals surface area contributed by atoms with Gasteiger partial charge in [0.1, 0.15) is 6.10 Å². The second-order valence-electron chi connectivity index (χ2n) is 13.2. The Bertz CT molecular complexity index is 506. The molecule has 3 heteroatoms. The molecule has 0 bridgehead atoms. The zero-order valence-electron chi connectivity index (χ0n) is 28.9. The number of hydrogen-bond acceptors (Lipinski definition) is 3. The fourth-order valence-corrected chi connectivity index (χ4v) is 5.98. The summed E-state index contributed by atoms with van der Waals surface area (Å²) < 4.78 is 6.02. The molecule has 0 heterocycles. The molecule has 42 heavy (non-hydrogen) atoms. The number of allylic oxidation sites excluding steroid dienone is 2. The number of unbranched alkanes of at least 4 members (excludes halogenated alkanes) is 27. The van der Waals surface area contributed by atoms with E-state index in [-0.39, 0.29) is 12.7 Å². The van der Waals surface area contributed by atoms with E-state index in [2.05, 4.69) is 26.0 Å². The minimum absolute atomic E-state index is 0.197. The lowest BCUT2D eigenvalue weighted by Crippen LogP contribution is -2.32. The SMILES string of the molecule is CCCCCCCC/C=C\CCCCCCCCOC(CCCCCCCCCCCCCCCCCC)C(O)CO. The summed E-state index contributed by atoms with van der Waals surface area (Å²) in [4.78, 5) is 0. The first-order chi connectivity index (χ1) is 20.8. The molecule has 0 radical (unpaired) electrons. The first kappa shape index (κ1) is 41.6. The monoisotopic (exact) mass is 595 g/mol. The van der Waals surface area contributed by atoms with Gasteiger partial charge >= 0.3 is 0 Å². The fourth-order valence-electron chi connectivity index (χ4n) is 5.98. The number of rotatable bonds is 36. The molecule has 0 saturated carbocycles. The molecule has 2 N–H and O–H groups in total. The van der Waals surface area contributed by atoms with Gasteiger partial charge in [-0.1, -0.05) is 187 Å². The highest BCUT2D eigenvalue weighted by Gasteiger charge is 2.18. The van der Waals surface area contributed by atoms with Crippen LogP contribution in [-0.2, 0) is 4.74 Å². The van der Waals surface area contributed by atoms with E-state index in [0.717, 1.165) is 19.3 Å². The van der Waals surface area contributed by atoms with E-state index >= 15 is 0 Å². The minimum Gasteiger partial charge on any atom is -0.394 e. The molecule has 0 rings (SSSR count). The third-order valence-corrected chi connectivity index (χ3v) is 8.95. The van der Waals surface area contributed by atoms with Crippen molar-refractivity contribution in [1.29, 1.82) is 0 Å². The van der Waals surface area contributed by atoms with Crippen molar-refractivity contribution in [3.8, 4) is 0 Å². The normalized spacial score (nSPS) is 13.3. The van der Waals surface area contributed by atoms with Gasteiger partial charge in [0.25, 0.3) is 0 Å². The first-order valence-corrected chi connectivity index (χ1v) is 19.3. The Hall–Kier alpha value is -0.380. The van der Waals surface area contributed by atoms with Gasteiger partial charge in [0.2, 0.25) is 0 Å². The third-order valence-electron chi connectivity index (χ3n) is 8.95. The molecule has 0 aliphatic rings. The van der Waals surface area contributed by atoms with Crippen molar-refractivity contribution in [3.63, 3.8) is 0 Å². The van der Waals surface area contributed by atoms with Gasteiger partial charge in [-0.3, -0.25) is 0 Å². The van der Waals surface area contributed by atoms with Gasteiger partial charge in [-0.15, -0.1) is 0 Å². The quantitative estimate of drug-likeness (QED) is 0.0560. The summed E-state index contributed by atoms with van der Waals surface area (Å²) in [7, 11) is 0. The van der Waals surface area contributed by atoms with Crippen LogP contribution >= 0.6 is 0 Å². The summed E-state index contributed by atoms with van der Waals surface area (Å²) in [6.07, 6.45) is 44.9. The van der Waals surface area contributed by atoms with Crippen molar-refractivity contribution in [2.75, 3.05) is 13.2 Å². The molecule has 0 amide bonds. The molecule has 0 aliphatic heterocycles. The number of aliphatic hydroxyl groups excluding tert-OH is 2. The summed E-state index contributed by atoms with van der Waals surface area (Å²) in [6, 6.07) is 0. The van der Waals surface area contributed by atoms with E-state index < -0.39 is 6.10 Å². The molecule has 2 atom stereocenters. The van der Waals surface area contributed by atoms with Crippen LogP contribution in [0.5, 0.6) is 0 Å². The fraction of sp³-hybridized carbons (Fsp3) is 0.949. The van der Waals surface area contributed by atoms with Gasteiger partial charge in [-0.2, -0.15) is 0 Å². The van der Waals surface area contributed by atoms with Crippen molar-refractivity contribution in [1.82, 2.24) is 0 Å². The predicted octanol–water partition coefficient (Wildman–Crippen LogP) is 12.4. The lowest BCUT2D eigenvalue weighted by molar-refractivity contribution is -0.0629. The van der Waals surface area contributed by atoms with Gasteiger partial charge in [0.15, 0.2) is 0 Å². The van der Waals surface area contributed by atoms with Crippen LogP contribution in [0.2, 0.25) is 0 Å². The van der Waals surface area contributed by atoms with E-state index in [1.807, 2.05) is 0 Å². The summed E-state index contributed by atoms with van der Waals surface area (Å²) in [5, 5.41) is 19.6. The molecule has 0 spiro atoms. The molecule has 0 aliphatic carbocycles. The zero-order chi connectivity index (χ0) is 30.6. The highest BCUT2D eigenvalue weighted by Crippen LogP contribution is 2.17. The van der Waals surface area contributed by atoms with Gasteiger partial charge < -0.3 is 14.9 Å². The Morgan fingerprint density at radius 2 is 0.786 bits per heavy atom. The summed E-state index contributed by atoms with van der Waals surface area (Å²) >= 11 is 0. The van der Waals surface area contributed by atoms with Crippen LogP contribution in [0.25, 0.3) is 0 Å². The van der Waals surface area contributed by atoms with E-state index in [9.17, 15) is 10.2 Å². The molecule has 2 unspecified atom stereocenters. The molecule has 0 aromatic heterocycles. The predicted molar refractivity (Wildman–Crippen MR) is 186 cm³/mol. The second-order valence-corrected chi connectivity index (χ2v) is 13.2. The van der Waals surface area contributed by atoms with E-state index in [1.165, 1.54) is 180 Å². The Labute approximate surface area is 265 Å². The van der Waals surface area contributed by atoms with Crippen LogP contribution < -0.4 is 0 Å². The zero-order valence-corrected chi connectivity index (χ0v) is 28.9. The molecule has 252 valence electrons. The lowest BCUT2D eigenvalue weighted by Gasteiger charge is -2.22. The summed E-state index contributed by atoms with van der Waals surface area (Å²) in [5.74, 6) is 0. The average Bonchev–Trinajstić information content (AvgIpc) is 3.00. The van der Waals surface area contributed by atoms with Crippen molar-refractivity contribution in [3.05, 3.63) is 12.2 Å². The maximum atomic E-state index is 10.2. The summed E-state index contributed by atoms with van der Waals surface area (Å²) in [5.41, 5.74) is 0. The highest BCUT2D eigenvalue weighted by molar-refractivity contribution is 4.81. The van der Waals surface area contributed by atoms with E-state index in [1.54, 1.807) is 0 Å². The molecule has 0 aromatic rings. The molecule has 3 nitrogen and oxygen atoms in total. The Balaban J connectivity index is 3.51. The number of ether oxygens (including phenoxy) is 1. The standard InChI is InChI=1S/C39H78O3/c1-3-5-7-9-11-13-15-17-19-21-23-25-27-29-31-33-35-39(38(41)37-40)42-36-34-32-30-28-26-24-22-20-18-16-14-12-10-8-6-4-2/h18,20,38-41H,3-17,19,21-37H2,1-2H3/b20-18-. The average molecular weight is 595 g/mol. The molecular formula is C39H78O3. The maximum absolute atomic E-state index is 10.2. The minimum atomic E-state index is -0.740. The summed E-state index contributed by atoms with van der Waals surface area (Å²) in [6.45, 7) is 5.08. The van der Waals surface area contributed by atoms with Crippen LogP contribution in [0.15, 0.2) is 12.2 Å². The number of hydrogen-bond donors (Lipinski definition) is 2. The van der Waals surface area contributed by atoms with Crippen molar-refractivity contribution >= 4 is 0 Å². The largest absolute Gasteiger partial charge is 0.394 e. The maximum Gasteiger partial charge on any atom is 0.103 e. The van der Waals surface area contributed by atoms with Crippen LogP contribution in [0.1, 0.15) is 213 Å². The van der Waals surface area contributed by atoms with Gasteiger partial charge in [-0.25, -0.2) is 0 Å². The third kappa shape index (κ3) is 32.5. The van der Waals surface area contributed by atoms with E-state index in [0.29, 0.717) is 6.61 Å². The van der Waals surface area contributed by atoms with Crippen LogP contribution in [0.4, 0.5) is 0 Å². The van der Waals surface area contributed by atoms with Gasteiger partial charge in [-0.05, 0) is 38.5 Å². The smallest absolute Gasteiger partial charge is 0.103 e. The Morgan fingerprint density at radius 1 is 0.452 bits per heavy atom. The molecule has 0 aromatic carbocycles. The van der Waals surface area contributed by atoms with Crippen LogP contribution in [0.3, 0.4) is 0 Å². The Morgan fingerprint density at radius 3 is 1.17 bits per heavy atom. The molecule has 0 saturated heterocycles. The second kappa shape index (κ2) is 36.8. The molecular weight excluding hydrogens is 516 g/mol. The van der Waals surface area contributed by atoms with Crippen LogP contribution in [0, 0.1) is 0 Å². The van der Waals surface area contributed by atoms with Gasteiger partial charge in [0, 0.05) is 6.61 Å². The lowest BCUT2D eigenvalue weighted by atomic mass is 10.0. The first-order valence-electron chi connectivity index (χ1n) is 19.3. The van der Waals surface area contributed by atoms with Crippen molar-refractivity contribution in [2.24, 2.45) is 0 Å². The van der Waals surface area contributed by atoms with E-state index in [4.69, 9.17) is 4.74 Å². The number of aliphatic hydroxyl groups is 2.